The Balaban J connectivity index is 1.93. The van der Waals surface area contributed by atoms with Crippen LogP contribution in [0.25, 0.3) is 0 Å². The zero-order valence-corrected chi connectivity index (χ0v) is 13.6. The van der Waals surface area contributed by atoms with Crippen LogP contribution in [0, 0.1) is 0 Å². The molecular formula is C19H20O4. The van der Waals surface area contributed by atoms with E-state index in [1.54, 1.807) is 27.4 Å². The molecule has 0 radical (unpaired) electrons. The standard InChI is InChI=1S/C19H20O4/c1-21-14-6-4-12(5-7-14)8-13-9-17(20)19-16(13)10-15(22-2)11-18(19)23-3/h4-7,10-11,13H,8-9H2,1-3H3. The van der Waals surface area contributed by atoms with E-state index in [1.807, 2.05) is 30.3 Å². The molecule has 1 aliphatic carbocycles. The van der Waals surface area contributed by atoms with E-state index < -0.39 is 0 Å². The fraction of sp³-hybridized carbons (Fsp3) is 0.316. The molecule has 0 saturated carbocycles. The van der Waals surface area contributed by atoms with Crippen LogP contribution < -0.4 is 14.2 Å². The first-order valence-electron chi connectivity index (χ1n) is 7.58. The first-order chi connectivity index (χ1) is 11.2. The summed E-state index contributed by atoms with van der Waals surface area (Å²) in [5, 5.41) is 0. The molecule has 0 amide bonds. The van der Waals surface area contributed by atoms with Gasteiger partial charge in [-0.15, -0.1) is 0 Å². The second-order valence-electron chi connectivity index (χ2n) is 5.67. The van der Waals surface area contributed by atoms with Crippen LogP contribution in [0.1, 0.15) is 33.8 Å². The van der Waals surface area contributed by atoms with E-state index in [0.717, 1.165) is 23.5 Å². The van der Waals surface area contributed by atoms with Crippen molar-refractivity contribution in [1.82, 2.24) is 0 Å². The second-order valence-corrected chi connectivity index (χ2v) is 5.67. The van der Waals surface area contributed by atoms with Gasteiger partial charge in [0, 0.05) is 12.5 Å². The summed E-state index contributed by atoms with van der Waals surface area (Å²) >= 11 is 0. The van der Waals surface area contributed by atoms with Crippen molar-refractivity contribution in [2.24, 2.45) is 0 Å². The Labute approximate surface area is 136 Å². The largest absolute Gasteiger partial charge is 0.497 e. The minimum Gasteiger partial charge on any atom is -0.497 e. The van der Waals surface area contributed by atoms with Crippen LogP contribution >= 0.6 is 0 Å². The number of hydrogen-bond acceptors (Lipinski definition) is 4. The van der Waals surface area contributed by atoms with Crippen molar-refractivity contribution in [3.05, 3.63) is 53.1 Å². The molecule has 4 heteroatoms. The molecule has 120 valence electrons. The summed E-state index contributed by atoms with van der Waals surface area (Å²) < 4.78 is 15.9. The molecule has 1 atom stereocenters. The third-order valence-corrected chi connectivity index (χ3v) is 4.35. The lowest BCUT2D eigenvalue weighted by Crippen LogP contribution is -2.00. The van der Waals surface area contributed by atoms with E-state index in [2.05, 4.69) is 0 Å². The highest BCUT2D eigenvalue weighted by Gasteiger charge is 2.33. The first kappa shape index (κ1) is 15.4. The van der Waals surface area contributed by atoms with E-state index in [-0.39, 0.29) is 11.7 Å². The van der Waals surface area contributed by atoms with Gasteiger partial charge in [0.2, 0.25) is 0 Å². The number of benzene rings is 2. The van der Waals surface area contributed by atoms with Gasteiger partial charge in [0.1, 0.15) is 17.2 Å². The second kappa shape index (κ2) is 6.32. The number of rotatable bonds is 5. The lowest BCUT2D eigenvalue weighted by atomic mass is 9.93. The van der Waals surface area contributed by atoms with E-state index in [9.17, 15) is 4.79 Å². The van der Waals surface area contributed by atoms with E-state index >= 15 is 0 Å². The summed E-state index contributed by atoms with van der Waals surface area (Å²) in [5.41, 5.74) is 2.90. The maximum absolute atomic E-state index is 12.4. The summed E-state index contributed by atoms with van der Waals surface area (Å²) in [4.78, 5) is 12.4. The van der Waals surface area contributed by atoms with Gasteiger partial charge in [-0.05, 0) is 41.7 Å². The molecule has 0 N–H and O–H groups in total. The molecule has 1 unspecified atom stereocenters. The van der Waals surface area contributed by atoms with Gasteiger partial charge >= 0.3 is 0 Å². The smallest absolute Gasteiger partial charge is 0.167 e. The van der Waals surface area contributed by atoms with Crippen LogP contribution in [0.4, 0.5) is 0 Å². The van der Waals surface area contributed by atoms with Crippen molar-refractivity contribution in [3.8, 4) is 17.2 Å². The van der Waals surface area contributed by atoms with Crippen LogP contribution in [0.2, 0.25) is 0 Å². The predicted molar refractivity (Wildman–Crippen MR) is 87.9 cm³/mol. The van der Waals surface area contributed by atoms with Crippen LogP contribution in [-0.2, 0) is 6.42 Å². The summed E-state index contributed by atoms with van der Waals surface area (Å²) in [6, 6.07) is 11.7. The third kappa shape index (κ3) is 2.89. The van der Waals surface area contributed by atoms with Crippen LogP contribution in [0.3, 0.4) is 0 Å². The van der Waals surface area contributed by atoms with Gasteiger partial charge in [-0.1, -0.05) is 12.1 Å². The highest BCUT2D eigenvalue weighted by Crippen LogP contribution is 2.42. The Morgan fingerprint density at radius 1 is 0.957 bits per heavy atom. The molecule has 0 spiro atoms. The van der Waals surface area contributed by atoms with E-state index in [1.165, 1.54) is 5.56 Å². The summed E-state index contributed by atoms with van der Waals surface area (Å²) in [6.45, 7) is 0. The summed E-state index contributed by atoms with van der Waals surface area (Å²) in [5.74, 6) is 2.43. The van der Waals surface area contributed by atoms with Crippen molar-refractivity contribution in [2.75, 3.05) is 21.3 Å². The van der Waals surface area contributed by atoms with Gasteiger partial charge in [0.05, 0.1) is 26.9 Å². The SMILES string of the molecule is COc1ccc(CC2CC(=O)c3c(OC)cc(OC)cc32)cc1. The fourth-order valence-electron chi connectivity index (χ4n) is 3.17. The molecule has 0 aromatic heterocycles. The number of fused-ring (bicyclic) bond motifs is 1. The molecular weight excluding hydrogens is 292 g/mol. The number of ether oxygens (including phenoxy) is 3. The molecule has 0 heterocycles. The Bertz CT molecular complexity index is 719. The lowest BCUT2D eigenvalue weighted by Gasteiger charge is -2.14. The van der Waals surface area contributed by atoms with Gasteiger partial charge in [-0.25, -0.2) is 0 Å². The molecule has 1 aliphatic rings. The zero-order chi connectivity index (χ0) is 16.4. The first-order valence-corrected chi connectivity index (χ1v) is 7.58. The summed E-state index contributed by atoms with van der Waals surface area (Å²) in [7, 11) is 4.86. The molecule has 0 aliphatic heterocycles. The predicted octanol–water partition coefficient (Wildman–Crippen LogP) is 3.63. The fourth-order valence-corrected chi connectivity index (χ4v) is 3.17. The van der Waals surface area contributed by atoms with Crippen LogP contribution in [-0.4, -0.2) is 27.1 Å². The average Bonchev–Trinajstić information content (AvgIpc) is 2.90. The number of carbonyl (C=O) groups excluding carboxylic acids is 1. The monoisotopic (exact) mass is 312 g/mol. The Kier molecular flexibility index (Phi) is 4.24. The van der Waals surface area contributed by atoms with Gasteiger partial charge in [0.15, 0.2) is 5.78 Å². The molecule has 0 saturated heterocycles. The highest BCUT2D eigenvalue weighted by atomic mass is 16.5. The third-order valence-electron chi connectivity index (χ3n) is 4.35. The topological polar surface area (TPSA) is 44.8 Å². The molecule has 23 heavy (non-hydrogen) atoms. The lowest BCUT2D eigenvalue weighted by molar-refractivity contribution is 0.0986. The van der Waals surface area contributed by atoms with Crippen molar-refractivity contribution in [3.63, 3.8) is 0 Å². The summed E-state index contributed by atoms with van der Waals surface area (Å²) in [6.07, 6.45) is 1.31. The molecule has 0 bridgehead atoms. The van der Waals surface area contributed by atoms with Gasteiger partial charge < -0.3 is 14.2 Å². The van der Waals surface area contributed by atoms with E-state index in [4.69, 9.17) is 14.2 Å². The van der Waals surface area contributed by atoms with Crippen molar-refractivity contribution in [2.45, 2.75) is 18.8 Å². The number of hydrogen-bond donors (Lipinski definition) is 0. The number of methoxy groups -OCH3 is 3. The Morgan fingerprint density at radius 2 is 1.65 bits per heavy atom. The van der Waals surface area contributed by atoms with E-state index in [0.29, 0.717) is 17.7 Å². The Hall–Kier alpha value is -2.49. The normalized spacial score (nSPS) is 16.1. The minimum absolute atomic E-state index is 0.137. The molecule has 2 aromatic rings. The number of carbonyl (C=O) groups is 1. The average molecular weight is 312 g/mol. The molecule has 4 nitrogen and oxygen atoms in total. The quantitative estimate of drug-likeness (QED) is 0.846. The van der Waals surface area contributed by atoms with Crippen molar-refractivity contribution >= 4 is 5.78 Å². The Morgan fingerprint density at radius 3 is 2.26 bits per heavy atom. The van der Waals surface area contributed by atoms with Gasteiger partial charge in [-0.3, -0.25) is 4.79 Å². The zero-order valence-electron chi connectivity index (χ0n) is 13.6. The van der Waals surface area contributed by atoms with Crippen molar-refractivity contribution in [1.29, 1.82) is 0 Å². The van der Waals surface area contributed by atoms with Gasteiger partial charge in [0.25, 0.3) is 0 Å². The van der Waals surface area contributed by atoms with Crippen LogP contribution in [0.15, 0.2) is 36.4 Å². The molecule has 3 rings (SSSR count). The minimum atomic E-state index is 0.137. The number of ketones is 1. The maximum atomic E-state index is 12.4. The van der Waals surface area contributed by atoms with Crippen LogP contribution in [0.5, 0.6) is 17.2 Å². The highest BCUT2D eigenvalue weighted by molar-refractivity contribution is 6.04. The molecule has 2 aromatic carbocycles. The van der Waals surface area contributed by atoms with Gasteiger partial charge in [-0.2, -0.15) is 0 Å². The number of Topliss-reactive ketones (excluding diaryl/α,β-unsaturated/α-hetero) is 1. The van der Waals surface area contributed by atoms with Crippen molar-refractivity contribution < 1.29 is 19.0 Å². The maximum Gasteiger partial charge on any atom is 0.167 e. The molecule has 0 fully saturated rings.